The van der Waals surface area contributed by atoms with Gasteiger partial charge in [-0.05, 0) is 28.1 Å². The average molecular weight is 302 g/mol. The first kappa shape index (κ1) is 15.1. The second-order valence-electron chi connectivity index (χ2n) is 4.58. The second-order valence-corrected chi connectivity index (χ2v) is 4.58. The summed E-state index contributed by atoms with van der Waals surface area (Å²) in [4.78, 5) is 9.16. The molecule has 1 heterocycles. The van der Waals surface area contributed by atoms with Crippen LogP contribution in [0.5, 0.6) is 0 Å². The molecule has 5 heteroatoms. The SMILES string of the molecule is CO/[NH+]=C(\Cn1ccnc1)c1ccc2ccccc2c1.[Cl-]. The highest BCUT2D eigenvalue weighted by Crippen LogP contribution is 2.15. The van der Waals surface area contributed by atoms with Gasteiger partial charge in [0.25, 0.3) is 5.71 Å². The number of nitrogens with one attached hydrogen (secondary N) is 1. The highest BCUT2D eigenvalue weighted by molar-refractivity contribution is 5.99. The summed E-state index contributed by atoms with van der Waals surface area (Å²) in [5.74, 6) is 0. The van der Waals surface area contributed by atoms with Crippen molar-refractivity contribution in [2.45, 2.75) is 6.54 Å². The lowest BCUT2D eigenvalue weighted by molar-refractivity contribution is -0.744. The number of nitrogens with zero attached hydrogens (tertiary/aromatic N) is 2. The molecule has 0 saturated heterocycles. The van der Waals surface area contributed by atoms with Gasteiger partial charge in [-0.1, -0.05) is 30.3 Å². The van der Waals surface area contributed by atoms with Crippen molar-refractivity contribution in [2.24, 2.45) is 0 Å². The number of benzene rings is 2. The van der Waals surface area contributed by atoms with Gasteiger partial charge in [0, 0.05) is 18.0 Å². The minimum atomic E-state index is 0. The second kappa shape index (κ2) is 6.90. The average Bonchev–Trinajstić information content (AvgIpc) is 2.99. The molecule has 1 aromatic heterocycles. The van der Waals surface area contributed by atoms with Gasteiger partial charge in [-0.25, -0.2) is 4.98 Å². The summed E-state index contributed by atoms with van der Waals surface area (Å²) in [5, 5.41) is 5.42. The largest absolute Gasteiger partial charge is 1.00 e. The van der Waals surface area contributed by atoms with E-state index in [4.69, 9.17) is 4.84 Å². The van der Waals surface area contributed by atoms with E-state index in [0.717, 1.165) is 11.3 Å². The molecule has 21 heavy (non-hydrogen) atoms. The Morgan fingerprint density at radius 3 is 2.71 bits per heavy atom. The summed E-state index contributed by atoms with van der Waals surface area (Å²) < 4.78 is 2.00. The normalized spacial score (nSPS) is 11.2. The van der Waals surface area contributed by atoms with Crippen molar-refractivity contribution < 1.29 is 22.4 Å². The molecular formula is C16H16ClN3O. The van der Waals surface area contributed by atoms with Gasteiger partial charge < -0.3 is 17.0 Å². The topological polar surface area (TPSA) is 41.0 Å². The zero-order valence-corrected chi connectivity index (χ0v) is 12.4. The third kappa shape index (κ3) is 3.41. The molecule has 0 aliphatic rings. The van der Waals surface area contributed by atoms with Crippen molar-refractivity contribution in [1.82, 2.24) is 9.55 Å². The highest BCUT2D eigenvalue weighted by Gasteiger charge is 2.12. The summed E-state index contributed by atoms with van der Waals surface area (Å²) in [6, 6.07) is 14.7. The lowest BCUT2D eigenvalue weighted by Gasteiger charge is -2.04. The fourth-order valence-corrected chi connectivity index (χ4v) is 2.25. The maximum absolute atomic E-state index is 5.10. The fraction of sp³-hybridized carbons (Fsp3) is 0.125. The van der Waals surface area contributed by atoms with E-state index < -0.39 is 0 Å². The fourth-order valence-electron chi connectivity index (χ4n) is 2.25. The molecule has 4 nitrogen and oxygen atoms in total. The van der Waals surface area contributed by atoms with E-state index in [9.17, 15) is 0 Å². The van der Waals surface area contributed by atoms with Crippen molar-refractivity contribution in [3.05, 3.63) is 66.7 Å². The predicted molar refractivity (Wildman–Crippen MR) is 78.3 cm³/mol. The molecule has 0 aliphatic heterocycles. The van der Waals surface area contributed by atoms with E-state index >= 15 is 0 Å². The molecule has 0 unspecified atom stereocenters. The van der Waals surface area contributed by atoms with Crippen molar-refractivity contribution in [1.29, 1.82) is 0 Å². The van der Waals surface area contributed by atoms with E-state index in [-0.39, 0.29) is 12.4 Å². The summed E-state index contributed by atoms with van der Waals surface area (Å²) in [6.45, 7) is 0.687. The highest BCUT2D eigenvalue weighted by atomic mass is 35.5. The number of hydrogen-bond acceptors (Lipinski definition) is 2. The lowest BCUT2D eigenvalue weighted by atomic mass is 10.0. The summed E-state index contributed by atoms with van der Waals surface area (Å²) in [5.41, 5.74) is 2.11. The van der Waals surface area contributed by atoms with Crippen LogP contribution in [0.3, 0.4) is 0 Å². The first-order chi connectivity index (χ1) is 9.86. The smallest absolute Gasteiger partial charge is 0.251 e. The number of fused-ring (bicyclic) bond motifs is 1. The molecule has 0 spiro atoms. The van der Waals surface area contributed by atoms with Crippen LogP contribution in [-0.2, 0) is 11.4 Å². The molecule has 2 aromatic carbocycles. The Morgan fingerprint density at radius 2 is 2.00 bits per heavy atom. The van der Waals surface area contributed by atoms with Crippen molar-refractivity contribution in [3.8, 4) is 0 Å². The van der Waals surface area contributed by atoms with Crippen LogP contribution in [0.25, 0.3) is 10.8 Å². The Hall–Kier alpha value is -2.33. The molecule has 0 amide bonds. The van der Waals surface area contributed by atoms with Crippen LogP contribution >= 0.6 is 0 Å². The quantitative estimate of drug-likeness (QED) is 0.455. The zero-order chi connectivity index (χ0) is 13.8. The van der Waals surface area contributed by atoms with Crippen LogP contribution in [0, 0.1) is 0 Å². The monoisotopic (exact) mass is 301 g/mol. The maximum Gasteiger partial charge on any atom is 0.251 e. The number of hydrogen-bond donors (Lipinski definition) is 1. The molecule has 3 rings (SSSR count). The van der Waals surface area contributed by atoms with Gasteiger partial charge in [-0.2, -0.15) is 0 Å². The Labute approximate surface area is 129 Å². The van der Waals surface area contributed by atoms with E-state index in [1.165, 1.54) is 10.8 Å². The number of aromatic nitrogens is 2. The third-order valence-electron chi connectivity index (χ3n) is 3.22. The standard InChI is InChI=1S/C16H15N3O.ClH/c1-20-18-16(11-19-9-8-17-12-19)15-7-6-13-4-2-3-5-14(13)10-15;/h2-10,12H,11H2,1H3;1H/b18-16+;. The maximum atomic E-state index is 5.10. The molecule has 1 N–H and O–H groups in total. The van der Waals surface area contributed by atoms with Gasteiger partial charge in [-0.15, -0.1) is 0 Å². The van der Waals surface area contributed by atoms with E-state index in [1.54, 1.807) is 19.6 Å². The van der Waals surface area contributed by atoms with Crippen LogP contribution in [0.4, 0.5) is 0 Å². The van der Waals surface area contributed by atoms with Gasteiger partial charge in [0.15, 0.2) is 0 Å². The molecule has 3 aromatic rings. The molecule has 0 aliphatic carbocycles. The Balaban J connectivity index is 0.00000161. The molecule has 0 radical (unpaired) electrons. The molecule has 0 atom stereocenters. The predicted octanol–water partition coefficient (Wildman–Crippen LogP) is -1.83. The number of imidazole rings is 1. The van der Waals surface area contributed by atoms with Crippen LogP contribution < -0.4 is 17.6 Å². The summed E-state index contributed by atoms with van der Waals surface area (Å²) in [6.07, 6.45) is 5.49. The van der Waals surface area contributed by atoms with Crippen LogP contribution in [-0.4, -0.2) is 22.4 Å². The first-order valence-corrected chi connectivity index (χ1v) is 6.46. The Bertz CT molecular complexity index is 738. The van der Waals surface area contributed by atoms with Crippen LogP contribution in [0.2, 0.25) is 0 Å². The van der Waals surface area contributed by atoms with Crippen molar-refractivity contribution in [2.75, 3.05) is 7.11 Å². The van der Waals surface area contributed by atoms with Gasteiger partial charge in [0.2, 0.25) is 0 Å². The zero-order valence-electron chi connectivity index (χ0n) is 11.7. The van der Waals surface area contributed by atoms with Gasteiger partial charge >= 0.3 is 0 Å². The molecule has 0 fully saturated rings. The lowest BCUT2D eigenvalue weighted by Crippen LogP contribution is -3.00. The molecule has 0 bridgehead atoms. The first-order valence-electron chi connectivity index (χ1n) is 6.46. The van der Waals surface area contributed by atoms with Crippen molar-refractivity contribution >= 4 is 16.5 Å². The van der Waals surface area contributed by atoms with Gasteiger partial charge in [0.05, 0.1) is 6.33 Å². The number of rotatable bonds is 4. The molecular weight excluding hydrogens is 286 g/mol. The van der Waals surface area contributed by atoms with E-state index in [1.807, 2.05) is 22.9 Å². The Kier molecular flexibility index (Phi) is 4.95. The number of halogens is 1. The minimum absolute atomic E-state index is 0. The minimum Gasteiger partial charge on any atom is -1.00 e. The molecule has 0 saturated carbocycles. The van der Waals surface area contributed by atoms with Crippen molar-refractivity contribution in [3.63, 3.8) is 0 Å². The van der Waals surface area contributed by atoms with Crippen LogP contribution in [0.1, 0.15) is 5.56 Å². The van der Waals surface area contributed by atoms with Crippen LogP contribution in [0.15, 0.2) is 61.2 Å². The van der Waals surface area contributed by atoms with Gasteiger partial charge in [-0.3, -0.25) is 4.84 Å². The summed E-state index contributed by atoms with van der Waals surface area (Å²) >= 11 is 0. The Morgan fingerprint density at radius 1 is 1.19 bits per heavy atom. The summed E-state index contributed by atoms with van der Waals surface area (Å²) in [7, 11) is 1.62. The third-order valence-corrected chi connectivity index (χ3v) is 3.22. The van der Waals surface area contributed by atoms with E-state index in [0.29, 0.717) is 6.54 Å². The van der Waals surface area contributed by atoms with E-state index in [2.05, 4.69) is 40.5 Å². The molecule has 108 valence electrons. The van der Waals surface area contributed by atoms with Gasteiger partial charge in [0.1, 0.15) is 13.7 Å².